The number of nitrogens with zero attached hydrogens (tertiary/aromatic N) is 1. The number of carbonyl (C=O) groups excluding carboxylic acids is 2. The molecule has 0 aliphatic carbocycles. The first-order chi connectivity index (χ1) is 15.7. The molecule has 1 aliphatic rings. The third-order valence-electron chi connectivity index (χ3n) is 5.71. The number of amides is 2. The molecule has 0 aromatic heterocycles. The first kappa shape index (κ1) is 24.4. The molecule has 0 spiro atoms. The van der Waals surface area contributed by atoms with Crippen molar-refractivity contribution in [3.05, 3.63) is 53.1 Å². The lowest BCUT2D eigenvalue weighted by Gasteiger charge is -2.42. The highest BCUT2D eigenvalue weighted by Gasteiger charge is 2.45. The maximum Gasteiger partial charge on any atom is 0.254 e. The maximum absolute atomic E-state index is 13.7. The lowest BCUT2D eigenvalue weighted by molar-refractivity contribution is -0.125. The van der Waals surface area contributed by atoms with Crippen molar-refractivity contribution in [1.29, 1.82) is 0 Å². The van der Waals surface area contributed by atoms with E-state index in [-0.39, 0.29) is 11.8 Å². The quantitative estimate of drug-likeness (QED) is 0.674. The van der Waals surface area contributed by atoms with Crippen LogP contribution in [0.5, 0.6) is 17.2 Å². The van der Waals surface area contributed by atoms with Crippen LogP contribution in [-0.2, 0) is 4.79 Å². The van der Waals surface area contributed by atoms with Crippen LogP contribution in [0.1, 0.15) is 67.6 Å². The molecule has 7 heteroatoms. The van der Waals surface area contributed by atoms with Gasteiger partial charge in [0.05, 0.1) is 33.3 Å². The van der Waals surface area contributed by atoms with E-state index in [4.69, 9.17) is 14.2 Å². The van der Waals surface area contributed by atoms with Gasteiger partial charge in [-0.1, -0.05) is 25.1 Å². The van der Waals surface area contributed by atoms with E-state index in [1.807, 2.05) is 58.0 Å². The number of ether oxygens (including phenoxy) is 3. The molecule has 1 heterocycles. The van der Waals surface area contributed by atoms with Crippen molar-refractivity contribution in [2.24, 2.45) is 0 Å². The van der Waals surface area contributed by atoms with Crippen LogP contribution in [0, 0.1) is 0 Å². The fraction of sp³-hybridized carbons (Fsp3) is 0.462. The average molecular weight is 455 g/mol. The summed E-state index contributed by atoms with van der Waals surface area (Å²) >= 11 is 0. The summed E-state index contributed by atoms with van der Waals surface area (Å²) in [4.78, 5) is 29.1. The highest BCUT2D eigenvalue weighted by atomic mass is 16.5. The number of fused-ring (bicyclic) bond motifs is 1. The van der Waals surface area contributed by atoms with E-state index in [1.54, 1.807) is 32.3 Å². The third kappa shape index (κ3) is 4.77. The van der Waals surface area contributed by atoms with Crippen LogP contribution in [0.3, 0.4) is 0 Å². The van der Waals surface area contributed by atoms with E-state index < -0.39 is 17.5 Å². The Kier molecular flexibility index (Phi) is 7.20. The number of hydrogen-bond acceptors (Lipinski definition) is 5. The number of carbonyl (C=O) groups is 2. The minimum absolute atomic E-state index is 0.0917. The second-order valence-electron chi connectivity index (χ2n) is 9.21. The molecule has 0 fully saturated rings. The molecule has 2 atom stereocenters. The topological polar surface area (TPSA) is 77.1 Å². The number of benzene rings is 2. The van der Waals surface area contributed by atoms with Gasteiger partial charge in [-0.3, -0.25) is 9.59 Å². The maximum atomic E-state index is 13.7. The van der Waals surface area contributed by atoms with Gasteiger partial charge in [-0.25, -0.2) is 0 Å². The molecule has 0 saturated carbocycles. The van der Waals surface area contributed by atoms with Crippen LogP contribution in [0.2, 0.25) is 0 Å². The fourth-order valence-electron chi connectivity index (χ4n) is 4.45. The standard InChI is InChI=1S/C26H34N2O5/c1-8-13-28-22(16-14-19(31-5)23(33-7)20(15-16)32-6)21(24(29)27-26(2,3)4)17-11-9-10-12-18(17)25(28)30/h9-12,14-15,21-22H,8,13H2,1-7H3,(H,27,29). The SMILES string of the molecule is CCCN1C(=O)c2ccccc2C(C(=O)NC(C)(C)C)C1c1cc(OC)c(OC)c(OC)c1. The molecule has 2 aromatic carbocycles. The summed E-state index contributed by atoms with van der Waals surface area (Å²) in [7, 11) is 4.65. The van der Waals surface area contributed by atoms with Gasteiger partial charge in [0.1, 0.15) is 0 Å². The Labute approximate surface area is 196 Å². The summed E-state index contributed by atoms with van der Waals surface area (Å²) in [6, 6.07) is 10.5. The number of methoxy groups -OCH3 is 3. The van der Waals surface area contributed by atoms with Crippen LogP contribution < -0.4 is 19.5 Å². The van der Waals surface area contributed by atoms with Crippen LogP contribution in [-0.4, -0.2) is 50.1 Å². The Morgan fingerprint density at radius 1 is 1.03 bits per heavy atom. The highest BCUT2D eigenvalue weighted by Crippen LogP contribution is 2.47. The number of rotatable bonds is 7. The van der Waals surface area contributed by atoms with Gasteiger partial charge in [0.2, 0.25) is 11.7 Å². The van der Waals surface area contributed by atoms with E-state index in [9.17, 15) is 9.59 Å². The third-order valence-corrected chi connectivity index (χ3v) is 5.71. The van der Waals surface area contributed by atoms with Crippen molar-refractivity contribution in [2.45, 2.75) is 51.6 Å². The van der Waals surface area contributed by atoms with Crippen molar-refractivity contribution in [1.82, 2.24) is 10.2 Å². The molecule has 7 nitrogen and oxygen atoms in total. The van der Waals surface area contributed by atoms with Gasteiger partial charge >= 0.3 is 0 Å². The van der Waals surface area contributed by atoms with Crippen molar-refractivity contribution in [3.8, 4) is 17.2 Å². The molecule has 1 N–H and O–H groups in total. The first-order valence-electron chi connectivity index (χ1n) is 11.2. The minimum atomic E-state index is -0.604. The molecule has 2 amide bonds. The van der Waals surface area contributed by atoms with E-state index in [1.165, 1.54) is 0 Å². The summed E-state index contributed by atoms with van der Waals surface area (Å²) < 4.78 is 16.6. The van der Waals surface area contributed by atoms with Crippen molar-refractivity contribution in [3.63, 3.8) is 0 Å². The van der Waals surface area contributed by atoms with Crippen molar-refractivity contribution >= 4 is 11.8 Å². The molecule has 0 radical (unpaired) electrons. The van der Waals surface area contributed by atoms with Gasteiger partial charge in [0.25, 0.3) is 5.91 Å². The lowest BCUT2D eigenvalue weighted by atomic mass is 9.78. The molecule has 1 aliphatic heterocycles. The smallest absolute Gasteiger partial charge is 0.254 e. The molecule has 2 unspecified atom stereocenters. The second kappa shape index (κ2) is 9.73. The highest BCUT2D eigenvalue weighted by molar-refractivity contribution is 6.01. The summed E-state index contributed by atoms with van der Waals surface area (Å²) in [6.07, 6.45) is 0.752. The van der Waals surface area contributed by atoms with E-state index in [0.29, 0.717) is 29.4 Å². The van der Waals surface area contributed by atoms with Gasteiger partial charge in [-0.15, -0.1) is 0 Å². The van der Waals surface area contributed by atoms with E-state index >= 15 is 0 Å². The van der Waals surface area contributed by atoms with Gasteiger partial charge < -0.3 is 24.4 Å². The Balaban J connectivity index is 2.28. The van der Waals surface area contributed by atoms with Gasteiger partial charge in [0.15, 0.2) is 11.5 Å². The minimum Gasteiger partial charge on any atom is -0.493 e. The molecule has 0 bridgehead atoms. The van der Waals surface area contributed by atoms with E-state index in [0.717, 1.165) is 17.5 Å². The Morgan fingerprint density at radius 2 is 1.64 bits per heavy atom. The summed E-state index contributed by atoms with van der Waals surface area (Å²) in [5.41, 5.74) is 1.59. The predicted molar refractivity (Wildman–Crippen MR) is 127 cm³/mol. The van der Waals surface area contributed by atoms with Gasteiger partial charge in [-0.2, -0.15) is 0 Å². The second-order valence-corrected chi connectivity index (χ2v) is 9.21. The fourth-order valence-corrected chi connectivity index (χ4v) is 4.45. The normalized spacial score (nSPS) is 17.9. The van der Waals surface area contributed by atoms with Gasteiger partial charge in [0, 0.05) is 17.6 Å². The molecule has 3 rings (SSSR count). The monoisotopic (exact) mass is 454 g/mol. The molecule has 0 saturated heterocycles. The van der Waals surface area contributed by atoms with Crippen molar-refractivity contribution in [2.75, 3.05) is 27.9 Å². The van der Waals surface area contributed by atoms with Crippen molar-refractivity contribution < 1.29 is 23.8 Å². The summed E-state index contributed by atoms with van der Waals surface area (Å²) in [5, 5.41) is 3.12. The Hall–Kier alpha value is -3.22. The van der Waals surface area contributed by atoms with E-state index in [2.05, 4.69) is 5.32 Å². The molecular formula is C26H34N2O5. The molecule has 33 heavy (non-hydrogen) atoms. The van der Waals surface area contributed by atoms with Gasteiger partial charge in [-0.05, 0) is 56.5 Å². The van der Waals surface area contributed by atoms with Crippen LogP contribution in [0.25, 0.3) is 0 Å². The summed E-state index contributed by atoms with van der Waals surface area (Å²) in [6.45, 7) is 8.37. The zero-order valence-corrected chi connectivity index (χ0v) is 20.5. The molecule has 178 valence electrons. The largest absolute Gasteiger partial charge is 0.493 e. The zero-order valence-electron chi connectivity index (χ0n) is 20.5. The predicted octanol–water partition coefficient (Wildman–Crippen LogP) is 4.32. The zero-order chi connectivity index (χ0) is 24.3. The van der Waals surface area contributed by atoms with Crippen LogP contribution in [0.4, 0.5) is 0 Å². The number of hydrogen-bond donors (Lipinski definition) is 1. The first-order valence-corrected chi connectivity index (χ1v) is 11.2. The van der Waals surface area contributed by atoms with Crippen LogP contribution in [0.15, 0.2) is 36.4 Å². The molecule has 2 aromatic rings. The lowest BCUT2D eigenvalue weighted by Crippen LogP contribution is -2.51. The Morgan fingerprint density at radius 3 is 2.15 bits per heavy atom. The average Bonchev–Trinajstić information content (AvgIpc) is 2.78. The van der Waals surface area contributed by atoms with Crippen LogP contribution >= 0.6 is 0 Å². The number of nitrogens with one attached hydrogen (secondary N) is 1. The Bertz CT molecular complexity index is 1000. The molecular weight excluding hydrogens is 420 g/mol. The summed E-state index contributed by atoms with van der Waals surface area (Å²) in [5.74, 6) is 0.582.